The summed E-state index contributed by atoms with van der Waals surface area (Å²) in [5, 5.41) is 16.0. The Morgan fingerprint density at radius 3 is 2.79 bits per heavy atom. The van der Waals surface area contributed by atoms with Gasteiger partial charge in [0.15, 0.2) is 0 Å². The van der Waals surface area contributed by atoms with Crippen molar-refractivity contribution < 1.29 is 4.79 Å². The lowest BCUT2D eigenvalue weighted by Crippen LogP contribution is -2.33. The lowest BCUT2D eigenvalue weighted by atomic mass is 9.93. The van der Waals surface area contributed by atoms with Crippen molar-refractivity contribution in [2.24, 2.45) is 0 Å². The van der Waals surface area contributed by atoms with E-state index in [2.05, 4.69) is 37.5 Å². The number of benzene rings is 2. The first kappa shape index (κ1) is 17.6. The van der Waals surface area contributed by atoms with Crippen LogP contribution in [-0.4, -0.2) is 30.7 Å². The zero-order valence-corrected chi connectivity index (χ0v) is 16.0. The molecule has 1 aliphatic carbocycles. The molecule has 2 aromatic carbocycles. The van der Waals surface area contributed by atoms with E-state index in [1.165, 1.54) is 11.3 Å². The summed E-state index contributed by atoms with van der Waals surface area (Å²) in [4.78, 5) is 12.7. The molecule has 0 aliphatic heterocycles. The zero-order chi connectivity index (χ0) is 19.6. The van der Waals surface area contributed by atoms with Crippen LogP contribution in [0.15, 0.2) is 60.8 Å². The van der Waals surface area contributed by atoms with Gasteiger partial charge in [0.25, 0.3) is 0 Å². The number of fused-ring (bicyclic) bond motifs is 2. The van der Waals surface area contributed by atoms with E-state index in [1.54, 1.807) is 4.68 Å². The Labute approximate surface area is 168 Å². The van der Waals surface area contributed by atoms with Crippen molar-refractivity contribution in [3.8, 4) is 0 Å². The fourth-order valence-electron chi connectivity index (χ4n) is 4.07. The van der Waals surface area contributed by atoms with Crippen molar-refractivity contribution in [3.63, 3.8) is 0 Å². The van der Waals surface area contributed by atoms with E-state index in [-0.39, 0.29) is 18.5 Å². The van der Waals surface area contributed by atoms with Gasteiger partial charge >= 0.3 is 0 Å². The topological polar surface area (TPSA) is 77.6 Å². The van der Waals surface area contributed by atoms with Crippen LogP contribution in [0.25, 0.3) is 11.0 Å². The molecular formula is C22H22N6O. The highest BCUT2D eigenvalue weighted by Gasteiger charge is 2.26. The van der Waals surface area contributed by atoms with Gasteiger partial charge in [0.1, 0.15) is 12.1 Å². The molecule has 2 aromatic heterocycles. The van der Waals surface area contributed by atoms with Crippen LogP contribution >= 0.6 is 0 Å². The Morgan fingerprint density at radius 2 is 1.90 bits per heavy atom. The molecule has 0 spiro atoms. The normalized spacial score (nSPS) is 15.9. The molecule has 7 nitrogen and oxygen atoms in total. The van der Waals surface area contributed by atoms with Crippen LogP contribution in [0, 0.1) is 0 Å². The van der Waals surface area contributed by atoms with Gasteiger partial charge in [-0.1, -0.05) is 47.7 Å². The Kier molecular flexibility index (Phi) is 4.56. The molecule has 2 heterocycles. The van der Waals surface area contributed by atoms with Gasteiger partial charge in [0.05, 0.1) is 24.3 Å². The third-order valence-corrected chi connectivity index (χ3v) is 5.49. The molecule has 1 unspecified atom stereocenters. The van der Waals surface area contributed by atoms with Gasteiger partial charge in [0, 0.05) is 11.3 Å². The molecule has 1 aliphatic rings. The van der Waals surface area contributed by atoms with Crippen LogP contribution in [0.3, 0.4) is 0 Å². The molecule has 5 rings (SSSR count). The minimum atomic E-state index is -0.0608. The molecule has 0 radical (unpaired) electrons. The van der Waals surface area contributed by atoms with Crippen LogP contribution in [0.4, 0.5) is 0 Å². The number of nitrogens with one attached hydrogen (secondary N) is 1. The van der Waals surface area contributed by atoms with E-state index in [0.717, 1.165) is 42.4 Å². The minimum absolute atomic E-state index is 0.00874. The van der Waals surface area contributed by atoms with Crippen molar-refractivity contribution >= 4 is 16.9 Å². The Hall–Kier alpha value is -3.48. The number of hydrogen-bond acceptors (Lipinski definition) is 4. The number of carbonyl (C=O) groups excluding carboxylic acids is 1. The highest BCUT2D eigenvalue weighted by molar-refractivity contribution is 5.80. The second-order valence-corrected chi connectivity index (χ2v) is 7.44. The fraction of sp³-hybridized carbons (Fsp3) is 0.273. The Morgan fingerprint density at radius 1 is 1.07 bits per heavy atom. The summed E-state index contributed by atoms with van der Waals surface area (Å²) in [6.07, 6.45) is 4.86. The summed E-state index contributed by atoms with van der Waals surface area (Å²) in [5.74, 6) is -0.0608. The molecule has 146 valence electrons. The summed E-state index contributed by atoms with van der Waals surface area (Å²) < 4.78 is 3.71. The van der Waals surface area contributed by atoms with Crippen molar-refractivity contribution in [3.05, 3.63) is 77.6 Å². The predicted molar refractivity (Wildman–Crippen MR) is 109 cm³/mol. The van der Waals surface area contributed by atoms with Gasteiger partial charge < -0.3 is 5.32 Å². The average Bonchev–Trinajstić information content (AvgIpc) is 3.34. The van der Waals surface area contributed by atoms with E-state index in [4.69, 9.17) is 0 Å². The maximum atomic E-state index is 12.7. The molecule has 0 saturated carbocycles. The second-order valence-electron chi connectivity index (χ2n) is 7.44. The molecule has 7 heteroatoms. The fourth-order valence-corrected chi connectivity index (χ4v) is 4.07. The van der Waals surface area contributed by atoms with Gasteiger partial charge in [-0.25, -0.2) is 4.68 Å². The number of amides is 1. The van der Waals surface area contributed by atoms with Gasteiger partial charge in [-0.3, -0.25) is 9.48 Å². The predicted octanol–water partition coefficient (Wildman–Crippen LogP) is 2.87. The molecule has 1 N–H and O–H groups in total. The molecule has 0 fully saturated rings. The van der Waals surface area contributed by atoms with Gasteiger partial charge in [-0.15, -0.1) is 5.10 Å². The standard InChI is InChI=1S/C22H22N6O/c29-22(15-28-21-11-5-4-9-19(21)25-26-28)24-18-10-6-12-20-17(18)13-23-27(20)14-16-7-2-1-3-8-16/h1-5,7-9,11,13,18H,6,10,12,14-15H2,(H,24,29). The largest absolute Gasteiger partial charge is 0.348 e. The van der Waals surface area contributed by atoms with E-state index in [0.29, 0.717) is 0 Å². The number of carbonyl (C=O) groups is 1. The SMILES string of the molecule is O=C(Cn1nnc2ccccc21)NC1CCCc2c1cnn2Cc1ccccc1. The van der Waals surface area contributed by atoms with Crippen LogP contribution < -0.4 is 5.32 Å². The Bertz CT molecular complexity index is 1150. The zero-order valence-electron chi connectivity index (χ0n) is 16.0. The summed E-state index contributed by atoms with van der Waals surface area (Å²) >= 11 is 0. The second kappa shape index (κ2) is 7.50. The smallest absolute Gasteiger partial charge is 0.242 e. The maximum absolute atomic E-state index is 12.7. The summed E-state index contributed by atoms with van der Waals surface area (Å²) in [6.45, 7) is 0.909. The van der Waals surface area contributed by atoms with Crippen LogP contribution in [0.1, 0.15) is 35.7 Å². The molecular weight excluding hydrogens is 364 g/mol. The first-order valence-corrected chi connectivity index (χ1v) is 9.94. The lowest BCUT2D eigenvalue weighted by Gasteiger charge is -2.24. The first-order valence-electron chi connectivity index (χ1n) is 9.94. The van der Waals surface area contributed by atoms with Gasteiger partial charge in [-0.2, -0.15) is 5.10 Å². The molecule has 29 heavy (non-hydrogen) atoms. The highest BCUT2D eigenvalue weighted by Crippen LogP contribution is 2.30. The molecule has 1 amide bonds. The summed E-state index contributed by atoms with van der Waals surface area (Å²) in [6, 6.07) is 18.0. The number of hydrogen-bond donors (Lipinski definition) is 1. The van der Waals surface area contributed by atoms with E-state index in [9.17, 15) is 4.79 Å². The van der Waals surface area contributed by atoms with Crippen molar-refractivity contribution in [2.75, 3.05) is 0 Å². The number of rotatable bonds is 5. The van der Waals surface area contributed by atoms with E-state index < -0.39 is 0 Å². The molecule has 4 aromatic rings. The summed E-state index contributed by atoms with van der Waals surface area (Å²) in [5.41, 5.74) is 5.23. The number of nitrogens with zero attached hydrogens (tertiary/aromatic N) is 5. The average molecular weight is 386 g/mol. The van der Waals surface area contributed by atoms with Gasteiger partial charge in [0.2, 0.25) is 5.91 Å². The first-order chi connectivity index (χ1) is 14.3. The lowest BCUT2D eigenvalue weighted by molar-refractivity contribution is -0.122. The molecule has 0 bridgehead atoms. The quantitative estimate of drug-likeness (QED) is 0.572. The van der Waals surface area contributed by atoms with Gasteiger partial charge in [-0.05, 0) is 37.0 Å². The monoisotopic (exact) mass is 386 g/mol. The van der Waals surface area contributed by atoms with Crippen molar-refractivity contribution in [1.29, 1.82) is 0 Å². The minimum Gasteiger partial charge on any atom is -0.348 e. The van der Waals surface area contributed by atoms with E-state index >= 15 is 0 Å². The van der Waals surface area contributed by atoms with E-state index in [1.807, 2.05) is 48.7 Å². The van der Waals surface area contributed by atoms with Crippen LogP contribution in [0.2, 0.25) is 0 Å². The number of para-hydroxylation sites is 1. The van der Waals surface area contributed by atoms with Crippen LogP contribution in [-0.2, 0) is 24.3 Å². The van der Waals surface area contributed by atoms with Crippen molar-refractivity contribution in [1.82, 2.24) is 30.1 Å². The summed E-state index contributed by atoms with van der Waals surface area (Å²) in [7, 11) is 0. The number of aromatic nitrogens is 5. The highest BCUT2D eigenvalue weighted by atomic mass is 16.2. The third-order valence-electron chi connectivity index (χ3n) is 5.49. The molecule has 1 atom stereocenters. The maximum Gasteiger partial charge on any atom is 0.242 e. The molecule has 0 saturated heterocycles. The Balaban J connectivity index is 1.31. The third kappa shape index (κ3) is 3.51. The van der Waals surface area contributed by atoms with Crippen molar-refractivity contribution in [2.45, 2.75) is 38.4 Å². The van der Waals surface area contributed by atoms with Crippen LogP contribution in [0.5, 0.6) is 0 Å².